The van der Waals surface area contributed by atoms with E-state index >= 15 is 0 Å². The van der Waals surface area contributed by atoms with E-state index in [1.165, 1.54) is 12.8 Å². The van der Waals surface area contributed by atoms with Crippen LogP contribution in [-0.2, 0) is 0 Å². The average Bonchev–Trinajstić information content (AvgIpc) is 2.60. The summed E-state index contributed by atoms with van der Waals surface area (Å²) in [7, 11) is 2.08. The summed E-state index contributed by atoms with van der Waals surface area (Å²) in [5.41, 5.74) is 6.33. The highest BCUT2D eigenvalue weighted by molar-refractivity contribution is 5.74. The second kappa shape index (κ2) is 8.61. The molecule has 134 valence electrons. The van der Waals surface area contributed by atoms with Gasteiger partial charge in [0.25, 0.3) is 0 Å². The molecule has 0 radical (unpaired) electrons. The van der Waals surface area contributed by atoms with Gasteiger partial charge in [-0.2, -0.15) is 0 Å². The summed E-state index contributed by atoms with van der Waals surface area (Å²) in [4.78, 5) is 2.20. The SMILES string of the molecule is C=Cc1cc(NCCCC)ccc1C(=C)N(C)C1CCC(=C)NC1=C. The zero-order valence-electron chi connectivity index (χ0n) is 15.7. The number of allylic oxidation sites excluding steroid dienone is 1. The molecule has 1 aromatic rings. The highest BCUT2D eigenvalue weighted by Gasteiger charge is 2.24. The lowest BCUT2D eigenvalue weighted by Gasteiger charge is -2.37. The van der Waals surface area contributed by atoms with E-state index in [9.17, 15) is 0 Å². The molecule has 0 spiro atoms. The van der Waals surface area contributed by atoms with Gasteiger partial charge in [-0.25, -0.2) is 0 Å². The molecule has 1 heterocycles. The molecule has 2 rings (SSSR count). The molecular weight excluding hydrogens is 306 g/mol. The first-order valence-electron chi connectivity index (χ1n) is 9.04. The van der Waals surface area contributed by atoms with Crippen LogP contribution in [0.2, 0.25) is 0 Å². The molecule has 0 aliphatic carbocycles. The quantitative estimate of drug-likeness (QED) is 0.637. The van der Waals surface area contributed by atoms with Crippen molar-refractivity contribution >= 4 is 17.5 Å². The van der Waals surface area contributed by atoms with Crippen molar-refractivity contribution in [2.45, 2.75) is 38.6 Å². The fraction of sp³-hybridized carbons (Fsp3) is 0.364. The van der Waals surface area contributed by atoms with Crippen molar-refractivity contribution in [2.75, 3.05) is 18.9 Å². The third kappa shape index (κ3) is 4.56. The number of anilines is 1. The van der Waals surface area contributed by atoms with Crippen LogP contribution in [0.25, 0.3) is 11.8 Å². The van der Waals surface area contributed by atoms with Crippen LogP contribution in [0.4, 0.5) is 5.69 Å². The number of nitrogens with zero attached hydrogens (tertiary/aromatic N) is 1. The van der Waals surface area contributed by atoms with E-state index in [4.69, 9.17) is 0 Å². The zero-order chi connectivity index (χ0) is 18.4. The van der Waals surface area contributed by atoms with Gasteiger partial charge in [-0.3, -0.25) is 0 Å². The van der Waals surface area contributed by atoms with Crippen molar-refractivity contribution < 1.29 is 0 Å². The van der Waals surface area contributed by atoms with Crippen molar-refractivity contribution in [1.82, 2.24) is 10.2 Å². The smallest absolute Gasteiger partial charge is 0.0686 e. The normalized spacial score (nSPS) is 17.0. The van der Waals surface area contributed by atoms with E-state index in [0.717, 1.165) is 53.3 Å². The second-order valence-electron chi connectivity index (χ2n) is 6.65. The van der Waals surface area contributed by atoms with Gasteiger partial charge >= 0.3 is 0 Å². The Balaban J connectivity index is 2.16. The highest BCUT2D eigenvalue weighted by atomic mass is 15.2. The first-order valence-corrected chi connectivity index (χ1v) is 9.04. The fourth-order valence-electron chi connectivity index (χ4n) is 3.18. The number of benzene rings is 1. The van der Waals surface area contributed by atoms with E-state index in [0.29, 0.717) is 0 Å². The molecule has 0 bridgehead atoms. The van der Waals surface area contributed by atoms with E-state index in [1.807, 2.05) is 6.08 Å². The molecule has 1 fully saturated rings. The Bertz CT molecular complexity index is 672. The number of nitrogens with one attached hydrogen (secondary N) is 2. The van der Waals surface area contributed by atoms with E-state index in [1.54, 1.807) is 0 Å². The van der Waals surface area contributed by atoms with Crippen LogP contribution in [0.5, 0.6) is 0 Å². The molecule has 1 aliphatic heterocycles. The minimum absolute atomic E-state index is 0.220. The average molecular weight is 338 g/mol. The van der Waals surface area contributed by atoms with E-state index < -0.39 is 0 Å². The molecule has 3 nitrogen and oxygen atoms in total. The van der Waals surface area contributed by atoms with Crippen molar-refractivity contribution in [1.29, 1.82) is 0 Å². The second-order valence-corrected chi connectivity index (χ2v) is 6.65. The van der Waals surface area contributed by atoms with Crippen LogP contribution in [0, 0.1) is 0 Å². The molecule has 1 aliphatic rings. The number of piperidine rings is 1. The summed E-state index contributed by atoms with van der Waals surface area (Å²) in [6.07, 6.45) is 6.21. The van der Waals surface area contributed by atoms with Gasteiger partial charge in [-0.15, -0.1) is 0 Å². The predicted molar refractivity (Wildman–Crippen MR) is 111 cm³/mol. The fourth-order valence-corrected chi connectivity index (χ4v) is 3.18. The maximum absolute atomic E-state index is 4.33. The van der Waals surface area contributed by atoms with Gasteiger partial charge in [0.2, 0.25) is 0 Å². The summed E-state index contributed by atoms with van der Waals surface area (Å²) in [6, 6.07) is 6.61. The number of likely N-dealkylation sites (N-methyl/N-ethyl adjacent to an activating group) is 1. The van der Waals surface area contributed by atoms with E-state index in [2.05, 4.69) is 74.0 Å². The monoisotopic (exact) mass is 337 g/mol. The topological polar surface area (TPSA) is 27.3 Å². The standard InChI is InChI=1S/C22H31N3/c1-7-9-14-23-20-11-12-21(19(8-2)15-20)18(5)25(6)22-13-10-16(3)24-17(22)4/h8,11-12,15,22-24H,2-5,7,9-10,13-14H2,1,6H3. The molecule has 0 aromatic heterocycles. The van der Waals surface area contributed by atoms with Crippen molar-refractivity contribution in [2.24, 2.45) is 0 Å². The molecule has 0 amide bonds. The zero-order valence-corrected chi connectivity index (χ0v) is 15.7. The third-order valence-electron chi connectivity index (χ3n) is 4.79. The van der Waals surface area contributed by atoms with Gasteiger partial charge in [0.1, 0.15) is 0 Å². The highest BCUT2D eigenvalue weighted by Crippen LogP contribution is 2.30. The molecule has 0 saturated carbocycles. The Morgan fingerprint density at radius 1 is 1.40 bits per heavy atom. The van der Waals surface area contributed by atoms with Gasteiger partial charge in [-0.05, 0) is 37.0 Å². The lowest BCUT2D eigenvalue weighted by molar-refractivity contribution is 0.341. The summed E-state index contributed by atoms with van der Waals surface area (Å²) >= 11 is 0. The van der Waals surface area contributed by atoms with Crippen LogP contribution in [0.15, 0.2) is 55.9 Å². The number of rotatable bonds is 8. The van der Waals surface area contributed by atoms with Crippen LogP contribution in [0.3, 0.4) is 0 Å². The minimum Gasteiger partial charge on any atom is -0.385 e. The van der Waals surface area contributed by atoms with Crippen LogP contribution in [-0.4, -0.2) is 24.5 Å². The maximum Gasteiger partial charge on any atom is 0.0686 e. The van der Waals surface area contributed by atoms with Gasteiger partial charge in [-0.1, -0.05) is 51.8 Å². The van der Waals surface area contributed by atoms with Gasteiger partial charge in [0, 0.05) is 41.9 Å². The van der Waals surface area contributed by atoms with Gasteiger partial charge in [0.15, 0.2) is 0 Å². The van der Waals surface area contributed by atoms with Gasteiger partial charge < -0.3 is 15.5 Å². The van der Waals surface area contributed by atoms with Crippen molar-refractivity contribution in [3.63, 3.8) is 0 Å². The van der Waals surface area contributed by atoms with Crippen molar-refractivity contribution in [3.8, 4) is 0 Å². The summed E-state index contributed by atoms with van der Waals surface area (Å²) in [6.45, 7) is 19.7. The first kappa shape index (κ1) is 18.9. The lowest BCUT2D eigenvalue weighted by Crippen LogP contribution is -2.39. The molecule has 1 unspecified atom stereocenters. The molecule has 25 heavy (non-hydrogen) atoms. The van der Waals surface area contributed by atoms with Crippen LogP contribution < -0.4 is 10.6 Å². The van der Waals surface area contributed by atoms with Crippen LogP contribution >= 0.6 is 0 Å². The van der Waals surface area contributed by atoms with Gasteiger partial charge in [0.05, 0.1) is 6.04 Å². The Morgan fingerprint density at radius 3 is 2.80 bits per heavy atom. The number of unbranched alkanes of at least 4 members (excludes halogenated alkanes) is 1. The summed E-state index contributed by atoms with van der Waals surface area (Å²) in [5, 5.41) is 6.75. The predicted octanol–water partition coefficient (Wildman–Crippen LogP) is 5.22. The molecule has 1 aromatic carbocycles. The Hall–Kier alpha value is -2.42. The summed E-state index contributed by atoms with van der Waals surface area (Å²) in [5.74, 6) is 0. The Labute approximate surface area is 152 Å². The number of hydrogen-bond donors (Lipinski definition) is 2. The first-order chi connectivity index (χ1) is 12.0. The van der Waals surface area contributed by atoms with Crippen molar-refractivity contribution in [3.05, 3.63) is 67.0 Å². The molecule has 1 atom stereocenters. The molecule has 3 heteroatoms. The largest absolute Gasteiger partial charge is 0.385 e. The minimum atomic E-state index is 0.220. The third-order valence-corrected chi connectivity index (χ3v) is 4.79. The number of hydrogen-bond acceptors (Lipinski definition) is 3. The Morgan fingerprint density at radius 2 is 2.16 bits per heavy atom. The van der Waals surface area contributed by atoms with E-state index in [-0.39, 0.29) is 6.04 Å². The molecule has 1 saturated heterocycles. The molecular formula is C22H31N3. The maximum atomic E-state index is 4.33. The van der Waals surface area contributed by atoms with Crippen LogP contribution in [0.1, 0.15) is 43.7 Å². The lowest BCUT2D eigenvalue weighted by atomic mass is 9.97. The summed E-state index contributed by atoms with van der Waals surface area (Å²) < 4.78 is 0. The Kier molecular flexibility index (Phi) is 6.51. The molecule has 2 N–H and O–H groups in total.